The van der Waals surface area contributed by atoms with Gasteiger partial charge in [0.05, 0.1) is 10.4 Å². The summed E-state index contributed by atoms with van der Waals surface area (Å²) in [6.07, 6.45) is 1.47. The van der Waals surface area contributed by atoms with Gasteiger partial charge < -0.3 is 20.9 Å². The second-order valence-electron chi connectivity index (χ2n) is 7.69. The van der Waals surface area contributed by atoms with Crippen molar-refractivity contribution in [3.05, 3.63) is 63.7 Å². The molecule has 2 aromatic heterocycles. The van der Waals surface area contributed by atoms with E-state index in [-0.39, 0.29) is 33.9 Å². The van der Waals surface area contributed by atoms with Crippen LogP contribution in [0, 0.1) is 0 Å². The number of hydrogen-bond donors (Lipinski definition) is 3. The Balaban J connectivity index is 1.52. The number of para-hydroxylation sites is 1. The second-order valence-corrected chi connectivity index (χ2v) is 8.09. The fraction of sp³-hybridized carbons (Fsp3) is 0.182. The first-order valence-corrected chi connectivity index (χ1v) is 10.5. The highest BCUT2D eigenvalue weighted by Gasteiger charge is 2.18. The number of aromatic nitrogens is 4. The van der Waals surface area contributed by atoms with E-state index in [2.05, 4.69) is 25.2 Å². The van der Waals surface area contributed by atoms with Gasteiger partial charge in [-0.25, -0.2) is 14.3 Å². The molecule has 1 aliphatic rings. The topological polar surface area (TPSA) is 131 Å². The van der Waals surface area contributed by atoms with Crippen molar-refractivity contribution in [3.63, 3.8) is 0 Å². The van der Waals surface area contributed by atoms with Crippen LogP contribution >= 0.6 is 11.6 Å². The molecule has 168 valence electrons. The number of likely N-dealkylation sites (N-methyl/N-ethyl adjacent to an activating group) is 1. The summed E-state index contributed by atoms with van der Waals surface area (Å²) in [5.41, 5.74) is 7.50. The van der Waals surface area contributed by atoms with Gasteiger partial charge in [0.2, 0.25) is 5.95 Å². The van der Waals surface area contributed by atoms with E-state index in [1.54, 1.807) is 12.1 Å². The van der Waals surface area contributed by atoms with Gasteiger partial charge in [0.15, 0.2) is 5.65 Å². The van der Waals surface area contributed by atoms with E-state index in [1.165, 1.54) is 12.3 Å². The van der Waals surface area contributed by atoms with Crippen molar-refractivity contribution in [3.8, 4) is 17.2 Å². The Morgan fingerprint density at radius 2 is 2.09 bits per heavy atom. The van der Waals surface area contributed by atoms with Crippen LogP contribution in [0.2, 0.25) is 5.02 Å². The van der Waals surface area contributed by atoms with Gasteiger partial charge in [-0.05, 0) is 37.4 Å². The van der Waals surface area contributed by atoms with Crippen LogP contribution in [-0.4, -0.2) is 49.7 Å². The minimum Gasteiger partial charge on any atom is -0.506 e. The fourth-order valence-corrected chi connectivity index (χ4v) is 3.99. The number of fused-ring (bicyclic) bond motifs is 2. The van der Waals surface area contributed by atoms with Gasteiger partial charge in [-0.15, -0.1) is 0 Å². The summed E-state index contributed by atoms with van der Waals surface area (Å²) >= 11 is 6.19. The maximum absolute atomic E-state index is 12.8. The van der Waals surface area contributed by atoms with Crippen molar-refractivity contribution in [2.45, 2.75) is 6.54 Å². The van der Waals surface area contributed by atoms with E-state index in [1.807, 2.05) is 25.2 Å². The predicted octanol–water partition coefficient (Wildman–Crippen LogP) is 2.68. The summed E-state index contributed by atoms with van der Waals surface area (Å²) in [5, 5.41) is 13.8. The lowest BCUT2D eigenvalue weighted by atomic mass is 10.1. The monoisotopic (exact) mass is 465 g/mol. The summed E-state index contributed by atoms with van der Waals surface area (Å²) in [5.74, 6) is 0.928. The lowest BCUT2D eigenvalue weighted by molar-refractivity contribution is 0.259. The van der Waals surface area contributed by atoms with Gasteiger partial charge >= 0.3 is 5.69 Å². The van der Waals surface area contributed by atoms with Crippen LogP contribution < -0.4 is 21.5 Å². The standard InChI is InChI=1S/C22H20ClN7O3/c1-29-7-8-33-17-6-5-13(9-12(17)11-29)26-21-25-10-14-19(24)30(22(32)28-20(14)27-21)18-15(23)3-2-4-16(18)31/h2-6,9-10,31H,7-8,11,24H2,1H3,(H,26,27,28,32). The minimum absolute atomic E-state index is 0.0187. The van der Waals surface area contributed by atoms with E-state index in [0.717, 1.165) is 34.7 Å². The Hall–Kier alpha value is -3.89. The third-order valence-electron chi connectivity index (χ3n) is 5.35. The van der Waals surface area contributed by atoms with Crippen molar-refractivity contribution < 1.29 is 9.84 Å². The number of nitrogens with two attached hydrogens (primary N) is 1. The summed E-state index contributed by atoms with van der Waals surface area (Å²) in [6.45, 7) is 2.25. The van der Waals surface area contributed by atoms with Crippen molar-refractivity contribution >= 4 is 40.1 Å². The number of benzene rings is 2. The van der Waals surface area contributed by atoms with Gasteiger partial charge in [-0.3, -0.25) is 4.90 Å². The zero-order valence-corrected chi connectivity index (χ0v) is 18.4. The van der Waals surface area contributed by atoms with Crippen LogP contribution in [0.25, 0.3) is 16.7 Å². The number of aromatic hydroxyl groups is 1. The minimum atomic E-state index is -0.724. The highest BCUT2D eigenvalue weighted by atomic mass is 35.5. The van der Waals surface area contributed by atoms with E-state index in [0.29, 0.717) is 12.0 Å². The Morgan fingerprint density at radius 3 is 2.91 bits per heavy atom. The van der Waals surface area contributed by atoms with Crippen LogP contribution in [0.1, 0.15) is 5.56 Å². The van der Waals surface area contributed by atoms with Crippen LogP contribution in [0.3, 0.4) is 0 Å². The number of phenolic OH excluding ortho intramolecular Hbond substituents is 1. The average Bonchev–Trinajstić information content (AvgIpc) is 2.95. The number of ether oxygens (including phenoxy) is 1. The quantitative estimate of drug-likeness (QED) is 0.417. The number of anilines is 3. The fourth-order valence-electron chi connectivity index (χ4n) is 3.74. The lowest BCUT2D eigenvalue weighted by Crippen LogP contribution is -2.25. The zero-order valence-electron chi connectivity index (χ0n) is 17.6. The van der Waals surface area contributed by atoms with Gasteiger partial charge in [-0.2, -0.15) is 9.97 Å². The van der Waals surface area contributed by atoms with E-state index >= 15 is 0 Å². The highest BCUT2D eigenvalue weighted by Crippen LogP contribution is 2.32. The molecule has 0 fully saturated rings. The second kappa shape index (κ2) is 8.23. The lowest BCUT2D eigenvalue weighted by Gasteiger charge is -2.14. The summed E-state index contributed by atoms with van der Waals surface area (Å²) in [4.78, 5) is 27.6. The normalized spacial score (nSPS) is 13.9. The number of hydrogen-bond acceptors (Lipinski definition) is 9. The molecule has 2 aromatic carbocycles. The van der Waals surface area contributed by atoms with Gasteiger partial charge in [0.1, 0.15) is 29.6 Å². The Bertz CT molecular complexity index is 1420. The molecule has 0 unspecified atom stereocenters. The SMILES string of the molecule is CN1CCOc2ccc(Nc3ncc4c(N)n(-c5c(O)cccc5Cl)c(=O)nc4n3)cc2C1. The first kappa shape index (κ1) is 21.0. The van der Waals surface area contributed by atoms with Crippen LogP contribution in [-0.2, 0) is 6.54 Å². The average molecular weight is 466 g/mol. The Labute approximate surface area is 193 Å². The largest absolute Gasteiger partial charge is 0.506 e. The summed E-state index contributed by atoms with van der Waals surface area (Å²) < 4.78 is 6.82. The number of nitrogens with one attached hydrogen (secondary N) is 1. The first-order valence-electron chi connectivity index (χ1n) is 10.1. The Kier molecular flexibility index (Phi) is 5.23. The number of halogens is 1. The summed E-state index contributed by atoms with van der Waals surface area (Å²) in [7, 11) is 2.04. The smallest absolute Gasteiger partial charge is 0.356 e. The van der Waals surface area contributed by atoms with Gasteiger partial charge in [0, 0.05) is 30.5 Å². The number of nitrogens with zero attached hydrogens (tertiary/aromatic N) is 5. The van der Waals surface area contributed by atoms with Gasteiger partial charge in [0.25, 0.3) is 0 Å². The molecule has 11 heteroatoms. The Morgan fingerprint density at radius 1 is 1.24 bits per heavy atom. The molecule has 3 heterocycles. The molecule has 0 saturated heterocycles. The molecule has 4 aromatic rings. The first-order chi connectivity index (χ1) is 15.9. The molecule has 5 rings (SSSR count). The molecule has 0 radical (unpaired) electrons. The summed E-state index contributed by atoms with van der Waals surface area (Å²) in [6, 6.07) is 10.3. The molecule has 0 bridgehead atoms. The molecular formula is C22H20ClN7O3. The van der Waals surface area contributed by atoms with Crippen LogP contribution in [0.4, 0.5) is 17.5 Å². The maximum atomic E-state index is 12.8. The number of nitrogen functional groups attached to an aromatic ring is 1. The number of phenols is 1. The molecule has 0 aliphatic carbocycles. The predicted molar refractivity (Wildman–Crippen MR) is 126 cm³/mol. The molecule has 1 aliphatic heterocycles. The van der Waals surface area contributed by atoms with Crippen molar-refractivity contribution in [1.29, 1.82) is 0 Å². The highest BCUT2D eigenvalue weighted by molar-refractivity contribution is 6.32. The molecule has 0 spiro atoms. The van der Waals surface area contributed by atoms with Crippen molar-refractivity contribution in [2.75, 3.05) is 31.2 Å². The van der Waals surface area contributed by atoms with Crippen molar-refractivity contribution in [2.24, 2.45) is 0 Å². The van der Waals surface area contributed by atoms with Crippen LogP contribution in [0.5, 0.6) is 11.5 Å². The van der Waals surface area contributed by atoms with E-state index in [9.17, 15) is 9.90 Å². The molecular weight excluding hydrogens is 446 g/mol. The molecule has 10 nitrogen and oxygen atoms in total. The van der Waals surface area contributed by atoms with Crippen molar-refractivity contribution in [1.82, 2.24) is 24.4 Å². The molecule has 0 amide bonds. The van der Waals surface area contributed by atoms with E-state index in [4.69, 9.17) is 22.1 Å². The van der Waals surface area contributed by atoms with Gasteiger partial charge in [-0.1, -0.05) is 17.7 Å². The van der Waals surface area contributed by atoms with Crippen LogP contribution in [0.15, 0.2) is 47.4 Å². The third kappa shape index (κ3) is 3.90. The zero-order chi connectivity index (χ0) is 23.1. The molecule has 33 heavy (non-hydrogen) atoms. The third-order valence-corrected chi connectivity index (χ3v) is 5.66. The van der Waals surface area contributed by atoms with E-state index < -0.39 is 5.69 Å². The maximum Gasteiger partial charge on any atom is 0.356 e. The molecule has 4 N–H and O–H groups in total. The molecule has 0 saturated carbocycles. The number of rotatable bonds is 3. The molecule has 0 atom stereocenters.